The van der Waals surface area contributed by atoms with Crippen molar-refractivity contribution in [1.29, 1.82) is 0 Å². The van der Waals surface area contributed by atoms with Gasteiger partial charge in [0, 0.05) is 30.4 Å². The van der Waals surface area contributed by atoms with E-state index in [9.17, 15) is 9.90 Å². The molecule has 2 N–H and O–H groups in total. The molecule has 6 nitrogen and oxygen atoms in total. The molecule has 31 heavy (non-hydrogen) atoms. The molecule has 1 aromatic carbocycles. The average Bonchev–Trinajstić information content (AvgIpc) is 2.80. The summed E-state index contributed by atoms with van der Waals surface area (Å²) in [6.45, 7) is 8.28. The van der Waals surface area contributed by atoms with Crippen molar-refractivity contribution in [2.24, 2.45) is 0 Å². The summed E-state index contributed by atoms with van der Waals surface area (Å²) in [5, 5.41) is 13.3. The highest BCUT2D eigenvalue weighted by Gasteiger charge is 2.34. The first-order valence-corrected chi connectivity index (χ1v) is 11.1. The Hall–Kier alpha value is -2.86. The average molecular weight is 424 g/mol. The highest BCUT2D eigenvalue weighted by Crippen LogP contribution is 2.43. The zero-order valence-electron chi connectivity index (χ0n) is 18.9. The van der Waals surface area contributed by atoms with Crippen LogP contribution in [-0.2, 0) is 0 Å². The van der Waals surface area contributed by atoms with Gasteiger partial charge in [0.25, 0.3) is 5.91 Å². The lowest BCUT2D eigenvalue weighted by atomic mass is 9.84. The van der Waals surface area contributed by atoms with E-state index in [1.807, 2.05) is 33.0 Å². The molecule has 0 radical (unpaired) electrons. The maximum Gasteiger partial charge on any atom is 0.272 e. The number of phenols is 1. The number of aromatic hydroxyl groups is 1. The number of ether oxygens (including phenoxy) is 1. The maximum absolute atomic E-state index is 12.6. The van der Waals surface area contributed by atoms with Crippen LogP contribution >= 0.6 is 0 Å². The number of amides is 1. The molecule has 0 aliphatic carbocycles. The molecular weight excluding hydrogens is 390 g/mol. The van der Waals surface area contributed by atoms with Crippen molar-refractivity contribution in [2.45, 2.75) is 45.6 Å². The summed E-state index contributed by atoms with van der Waals surface area (Å²) in [7, 11) is 1.95. The van der Waals surface area contributed by atoms with Crippen LogP contribution in [0.3, 0.4) is 0 Å². The number of hydrogen-bond acceptors (Lipinski definition) is 5. The number of rotatable bonds is 9. The smallest absolute Gasteiger partial charge is 0.272 e. The van der Waals surface area contributed by atoms with Crippen LogP contribution in [-0.4, -0.2) is 53.2 Å². The third kappa shape index (κ3) is 4.90. The summed E-state index contributed by atoms with van der Waals surface area (Å²) in [6, 6.07) is 8.92. The third-order valence-electron chi connectivity index (χ3n) is 5.94. The first-order chi connectivity index (χ1) is 15.0. The second kappa shape index (κ2) is 9.96. The Morgan fingerprint density at radius 3 is 2.58 bits per heavy atom. The molecule has 0 bridgehead atoms. The summed E-state index contributed by atoms with van der Waals surface area (Å²) >= 11 is 0. The molecule has 0 spiro atoms. The second-order valence-corrected chi connectivity index (χ2v) is 7.88. The number of carbonyl (C=O) groups excluding carboxylic acids is 1. The largest absolute Gasteiger partial charge is 0.508 e. The number of aromatic nitrogens is 1. The number of fused-ring (bicyclic) bond motifs is 1. The van der Waals surface area contributed by atoms with Crippen molar-refractivity contribution in [3.05, 3.63) is 59.4 Å². The van der Waals surface area contributed by atoms with Crippen molar-refractivity contribution in [1.82, 2.24) is 15.2 Å². The molecule has 166 valence electrons. The minimum atomic E-state index is -0.425. The number of benzene rings is 1. The van der Waals surface area contributed by atoms with Crippen LogP contribution in [0.2, 0.25) is 0 Å². The zero-order chi connectivity index (χ0) is 22.4. The van der Waals surface area contributed by atoms with Gasteiger partial charge < -0.3 is 20.1 Å². The minimum absolute atomic E-state index is 0.0643. The van der Waals surface area contributed by atoms with Crippen molar-refractivity contribution in [3.63, 3.8) is 0 Å². The van der Waals surface area contributed by atoms with Crippen LogP contribution in [0.1, 0.15) is 61.6 Å². The first-order valence-electron chi connectivity index (χ1n) is 11.1. The normalized spacial score (nSPS) is 17.5. The summed E-state index contributed by atoms with van der Waals surface area (Å²) in [5.74, 6) is 0.879. The number of carbonyl (C=O) groups is 1. The quantitative estimate of drug-likeness (QED) is 0.590. The summed E-state index contributed by atoms with van der Waals surface area (Å²) in [5.41, 5.74) is 2.72. The molecule has 1 atom stereocenters. The SMILES string of the molecule is CCN(CC)C(=O)c1ccc(C2=CC(CC)(CCCNC)Oc3ccc(O)cc32)cn1. The number of pyridine rings is 1. The lowest BCUT2D eigenvalue weighted by Gasteiger charge is -2.37. The lowest BCUT2D eigenvalue weighted by molar-refractivity contribution is 0.0767. The first kappa shape index (κ1) is 22.8. The van der Waals surface area contributed by atoms with E-state index in [0.717, 1.165) is 48.3 Å². The Bertz CT molecular complexity index is 936. The van der Waals surface area contributed by atoms with Crippen LogP contribution in [0.4, 0.5) is 0 Å². The van der Waals surface area contributed by atoms with Crippen LogP contribution in [0.15, 0.2) is 42.6 Å². The van der Waals surface area contributed by atoms with Gasteiger partial charge in [-0.15, -0.1) is 0 Å². The van der Waals surface area contributed by atoms with Crippen molar-refractivity contribution in [2.75, 3.05) is 26.7 Å². The minimum Gasteiger partial charge on any atom is -0.508 e. The number of nitrogens with one attached hydrogen (secondary N) is 1. The van der Waals surface area contributed by atoms with Gasteiger partial charge >= 0.3 is 0 Å². The van der Waals surface area contributed by atoms with Gasteiger partial charge in [0.1, 0.15) is 22.8 Å². The molecule has 1 aromatic heterocycles. The standard InChI is InChI=1S/C25H33N3O3/c1-5-25(13-8-14-26-4)16-21(20-15-19(29)10-12-23(20)31-25)18-9-11-22(27-17-18)24(30)28(6-2)7-3/h9-12,15-17,26,29H,5-8,13-14H2,1-4H3. The van der Waals surface area contributed by atoms with Gasteiger partial charge in [-0.3, -0.25) is 9.78 Å². The summed E-state index contributed by atoms with van der Waals surface area (Å²) in [4.78, 5) is 18.9. The number of nitrogens with zero attached hydrogens (tertiary/aromatic N) is 2. The molecule has 6 heteroatoms. The Kier molecular flexibility index (Phi) is 7.33. The van der Waals surface area contributed by atoms with Crippen LogP contribution in [0.5, 0.6) is 11.5 Å². The van der Waals surface area contributed by atoms with Gasteiger partial charge in [-0.1, -0.05) is 13.0 Å². The molecule has 1 aliphatic rings. The number of hydrogen-bond donors (Lipinski definition) is 2. The highest BCUT2D eigenvalue weighted by molar-refractivity contribution is 5.93. The fourth-order valence-corrected chi connectivity index (χ4v) is 4.04. The fourth-order valence-electron chi connectivity index (χ4n) is 4.04. The number of phenolic OH excluding ortho intramolecular Hbond substituents is 1. The summed E-state index contributed by atoms with van der Waals surface area (Å²) < 4.78 is 6.45. The molecule has 3 rings (SSSR count). The van der Waals surface area contributed by atoms with Crippen molar-refractivity contribution < 1.29 is 14.6 Å². The zero-order valence-corrected chi connectivity index (χ0v) is 18.9. The molecular formula is C25H33N3O3. The van der Waals surface area contributed by atoms with Gasteiger partial charge in [-0.2, -0.15) is 0 Å². The third-order valence-corrected chi connectivity index (χ3v) is 5.94. The second-order valence-electron chi connectivity index (χ2n) is 7.88. The fraction of sp³-hybridized carbons (Fsp3) is 0.440. The van der Waals surface area contributed by atoms with E-state index in [1.165, 1.54) is 0 Å². The van der Waals surface area contributed by atoms with E-state index in [2.05, 4.69) is 23.3 Å². The molecule has 0 saturated carbocycles. The molecule has 1 aliphatic heterocycles. The molecule has 2 heterocycles. The van der Waals surface area contributed by atoms with Crippen molar-refractivity contribution in [3.8, 4) is 11.5 Å². The lowest BCUT2D eigenvalue weighted by Crippen LogP contribution is -2.36. The highest BCUT2D eigenvalue weighted by atomic mass is 16.5. The Labute approximate surface area is 185 Å². The van der Waals surface area contributed by atoms with Crippen LogP contribution in [0.25, 0.3) is 5.57 Å². The van der Waals surface area contributed by atoms with E-state index >= 15 is 0 Å². The molecule has 0 fully saturated rings. The van der Waals surface area contributed by atoms with Gasteiger partial charge in [0.05, 0.1) is 0 Å². The van der Waals surface area contributed by atoms with E-state index in [4.69, 9.17) is 4.74 Å². The van der Waals surface area contributed by atoms with Gasteiger partial charge in [0.2, 0.25) is 0 Å². The summed E-state index contributed by atoms with van der Waals surface area (Å²) in [6.07, 6.45) is 6.59. The van der Waals surface area contributed by atoms with E-state index in [0.29, 0.717) is 18.8 Å². The van der Waals surface area contributed by atoms with Crippen LogP contribution < -0.4 is 10.1 Å². The predicted octanol–water partition coefficient (Wildman–Crippen LogP) is 4.24. The molecule has 1 unspecified atom stereocenters. The van der Waals surface area contributed by atoms with E-state index in [1.54, 1.807) is 29.3 Å². The Morgan fingerprint density at radius 2 is 1.97 bits per heavy atom. The van der Waals surface area contributed by atoms with Crippen LogP contribution in [0, 0.1) is 0 Å². The van der Waals surface area contributed by atoms with Gasteiger partial charge in [-0.25, -0.2) is 0 Å². The van der Waals surface area contributed by atoms with Gasteiger partial charge in [0.15, 0.2) is 0 Å². The topological polar surface area (TPSA) is 74.7 Å². The van der Waals surface area contributed by atoms with E-state index < -0.39 is 5.60 Å². The molecule has 1 amide bonds. The molecule has 0 saturated heterocycles. The van der Waals surface area contributed by atoms with Gasteiger partial charge in [-0.05, 0) is 82.6 Å². The van der Waals surface area contributed by atoms with E-state index in [-0.39, 0.29) is 11.7 Å². The maximum atomic E-state index is 12.6. The van der Waals surface area contributed by atoms with Crippen molar-refractivity contribution >= 4 is 11.5 Å². The Morgan fingerprint density at radius 1 is 1.19 bits per heavy atom. The monoisotopic (exact) mass is 423 g/mol. The predicted molar refractivity (Wildman–Crippen MR) is 123 cm³/mol. The Balaban J connectivity index is 2.01. The molecule has 2 aromatic rings.